The number of pyridine rings is 1. The Morgan fingerprint density at radius 3 is 2.58 bits per heavy atom. The summed E-state index contributed by atoms with van der Waals surface area (Å²) in [5.74, 6) is -1.35. The van der Waals surface area contributed by atoms with Crippen LogP contribution in [0.15, 0.2) is 23.1 Å². The van der Waals surface area contributed by atoms with E-state index in [2.05, 4.69) is 0 Å². The highest BCUT2D eigenvalue weighted by Crippen LogP contribution is 2.25. The molecular weight excluding hydrogens is 319 g/mol. The van der Waals surface area contributed by atoms with Gasteiger partial charge in [-0.15, -0.1) is 0 Å². The molecule has 2 rings (SSSR count). The van der Waals surface area contributed by atoms with Crippen LogP contribution in [0.2, 0.25) is 0 Å². The van der Waals surface area contributed by atoms with Crippen molar-refractivity contribution in [3.8, 4) is 0 Å². The molecule has 1 aliphatic rings. The molecule has 132 valence electrons. The standard InChI is InChI=1S/C16H21FN2O5/c1-16(2,3)24-15(23)18-8-6-12(11(17)9-18)19-7-4-5-10(13(19)20)14(21)22/h4-5,7,11-12H,6,8-9H2,1-3H3,(H,21,22)/t11-,12+/m0/s1. The van der Waals surface area contributed by atoms with Gasteiger partial charge in [0.05, 0.1) is 12.6 Å². The normalized spacial score (nSPS) is 21.4. The molecule has 1 fully saturated rings. The number of hydrogen-bond acceptors (Lipinski definition) is 4. The fourth-order valence-electron chi connectivity index (χ4n) is 2.63. The molecule has 2 atom stereocenters. The average molecular weight is 340 g/mol. The predicted octanol–water partition coefficient (Wildman–Crippen LogP) is 2.07. The van der Waals surface area contributed by atoms with Gasteiger partial charge in [-0.3, -0.25) is 4.79 Å². The molecule has 1 aromatic heterocycles. The van der Waals surface area contributed by atoms with E-state index in [0.717, 1.165) is 4.57 Å². The van der Waals surface area contributed by atoms with Gasteiger partial charge in [0.25, 0.3) is 5.56 Å². The second-order valence-electron chi connectivity index (χ2n) is 6.74. The molecule has 1 saturated heterocycles. The topological polar surface area (TPSA) is 88.8 Å². The van der Waals surface area contributed by atoms with Crippen LogP contribution < -0.4 is 5.56 Å². The third kappa shape index (κ3) is 3.93. The predicted molar refractivity (Wildman–Crippen MR) is 84.0 cm³/mol. The summed E-state index contributed by atoms with van der Waals surface area (Å²) in [5, 5.41) is 9.00. The Kier molecular flexibility index (Phi) is 4.96. The number of carboxylic acids is 1. The number of nitrogens with zero attached hydrogens (tertiary/aromatic N) is 2. The lowest BCUT2D eigenvalue weighted by atomic mass is 10.0. The Bertz CT molecular complexity index is 694. The van der Waals surface area contributed by atoms with Crippen molar-refractivity contribution in [2.75, 3.05) is 13.1 Å². The first-order chi connectivity index (χ1) is 11.1. The van der Waals surface area contributed by atoms with E-state index in [0.29, 0.717) is 0 Å². The van der Waals surface area contributed by atoms with Crippen molar-refractivity contribution in [2.45, 2.75) is 45.0 Å². The Hall–Kier alpha value is -2.38. The lowest BCUT2D eigenvalue weighted by Crippen LogP contribution is -2.48. The lowest BCUT2D eigenvalue weighted by Gasteiger charge is -2.36. The second-order valence-corrected chi connectivity index (χ2v) is 6.74. The van der Waals surface area contributed by atoms with E-state index >= 15 is 0 Å². The molecule has 1 aromatic rings. The Morgan fingerprint density at radius 1 is 1.38 bits per heavy atom. The first-order valence-electron chi connectivity index (χ1n) is 7.66. The van der Waals surface area contributed by atoms with E-state index in [9.17, 15) is 18.8 Å². The quantitative estimate of drug-likeness (QED) is 0.890. The van der Waals surface area contributed by atoms with Crippen molar-refractivity contribution in [3.63, 3.8) is 0 Å². The number of piperidine rings is 1. The zero-order chi connectivity index (χ0) is 18.1. The largest absolute Gasteiger partial charge is 0.477 e. The molecule has 0 aromatic carbocycles. The van der Waals surface area contributed by atoms with Crippen LogP contribution in [0.1, 0.15) is 43.6 Å². The summed E-state index contributed by atoms with van der Waals surface area (Å²) < 4.78 is 20.8. The van der Waals surface area contributed by atoms with Crippen LogP contribution in [0.5, 0.6) is 0 Å². The van der Waals surface area contributed by atoms with Crippen LogP contribution >= 0.6 is 0 Å². The monoisotopic (exact) mass is 340 g/mol. The Balaban J connectivity index is 2.15. The van der Waals surface area contributed by atoms with Gasteiger partial charge in [-0.25, -0.2) is 14.0 Å². The van der Waals surface area contributed by atoms with Crippen molar-refractivity contribution in [1.82, 2.24) is 9.47 Å². The number of ether oxygens (including phenoxy) is 1. The van der Waals surface area contributed by atoms with Gasteiger partial charge in [-0.1, -0.05) is 0 Å². The summed E-state index contributed by atoms with van der Waals surface area (Å²) >= 11 is 0. The summed E-state index contributed by atoms with van der Waals surface area (Å²) in [6, 6.07) is 1.78. The lowest BCUT2D eigenvalue weighted by molar-refractivity contribution is 0.00648. The van der Waals surface area contributed by atoms with Crippen molar-refractivity contribution < 1.29 is 23.8 Å². The number of rotatable bonds is 2. The van der Waals surface area contributed by atoms with Gasteiger partial charge in [0.15, 0.2) is 0 Å². The number of amides is 1. The van der Waals surface area contributed by atoms with Gasteiger partial charge in [0.1, 0.15) is 17.3 Å². The van der Waals surface area contributed by atoms with Crippen LogP contribution in [0.4, 0.5) is 9.18 Å². The van der Waals surface area contributed by atoms with Crippen molar-refractivity contribution >= 4 is 12.1 Å². The highest BCUT2D eigenvalue weighted by Gasteiger charge is 2.35. The highest BCUT2D eigenvalue weighted by atomic mass is 19.1. The van der Waals surface area contributed by atoms with Gasteiger partial charge in [0.2, 0.25) is 0 Å². The van der Waals surface area contributed by atoms with E-state index in [-0.39, 0.29) is 19.5 Å². The summed E-state index contributed by atoms with van der Waals surface area (Å²) in [5.41, 5.74) is -1.82. The summed E-state index contributed by atoms with van der Waals surface area (Å²) in [6.07, 6.45) is -0.526. The maximum absolute atomic E-state index is 14.5. The van der Waals surface area contributed by atoms with Crippen LogP contribution in [-0.2, 0) is 4.74 Å². The zero-order valence-electron chi connectivity index (χ0n) is 13.9. The van der Waals surface area contributed by atoms with E-state index in [1.807, 2.05) is 0 Å². The van der Waals surface area contributed by atoms with Crippen LogP contribution in [0.25, 0.3) is 0 Å². The molecule has 1 amide bonds. The number of halogens is 1. The van der Waals surface area contributed by atoms with Crippen molar-refractivity contribution in [1.29, 1.82) is 0 Å². The number of carbonyl (C=O) groups is 2. The van der Waals surface area contributed by atoms with Gasteiger partial charge < -0.3 is 19.3 Å². The molecule has 0 aliphatic carbocycles. The minimum absolute atomic E-state index is 0.198. The minimum atomic E-state index is -1.49. The van der Waals surface area contributed by atoms with Crippen molar-refractivity contribution in [3.05, 3.63) is 34.2 Å². The molecule has 7 nitrogen and oxygen atoms in total. The summed E-state index contributed by atoms with van der Waals surface area (Å²) in [4.78, 5) is 36.5. The maximum atomic E-state index is 14.5. The fraction of sp³-hybridized carbons (Fsp3) is 0.562. The molecule has 8 heteroatoms. The average Bonchev–Trinajstić information content (AvgIpc) is 2.45. The number of carboxylic acid groups (broad SMARTS) is 1. The number of aromatic nitrogens is 1. The van der Waals surface area contributed by atoms with Crippen LogP contribution in [0.3, 0.4) is 0 Å². The van der Waals surface area contributed by atoms with Crippen molar-refractivity contribution in [2.24, 2.45) is 0 Å². The van der Waals surface area contributed by atoms with Gasteiger partial charge in [-0.05, 0) is 39.3 Å². The highest BCUT2D eigenvalue weighted by molar-refractivity contribution is 5.87. The van der Waals surface area contributed by atoms with Crippen LogP contribution in [0, 0.1) is 0 Å². The molecule has 0 bridgehead atoms. The Labute approximate surface area is 138 Å². The minimum Gasteiger partial charge on any atom is -0.477 e. The molecule has 0 spiro atoms. The summed E-state index contributed by atoms with van der Waals surface area (Å²) in [7, 11) is 0. The van der Waals surface area contributed by atoms with E-state index in [4.69, 9.17) is 9.84 Å². The van der Waals surface area contributed by atoms with Crippen LogP contribution in [-0.4, -0.2) is 51.5 Å². The number of likely N-dealkylation sites (tertiary alicyclic amines) is 1. The molecule has 0 saturated carbocycles. The molecule has 2 heterocycles. The maximum Gasteiger partial charge on any atom is 0.410 e. The number of carbonyl (C=O) groups excluding carboxylic acids is 1. The second kappa shape index (κ2) is 6.62. The molecule has 0 unspecified atom stereocenters. The van der Waals surface area contributed by atoms with Gasteiger partial charge in [-0.2, -0.15) is 0 Å². The zero-order valence-corrected chi connectivity index (χ0v) is 13.9. The molecule has 1 N–H and O–H groups in total. The molecule has 0 radical (unpaired) electrons. The number of aromatic carboxylic acids is 1. The van der Waals surface area contributed by atoms with E-state index < -0.39 is 41.0 Å². The summed E-state index contributed by atoms with van der Waals surface area (Å²) in [6.45, 7) is 5.19. The third-order valence-corrected chi connectivity index (χ3v) is 3.72. The van der Waals surface area contributed by atoms with E-state index in [1.54, 1.807) is 20.8 Å². The Morgan fingerprint density at radius 2 is 2.04 bits per heavy atom. The number of alkyl halides is 1. The van der Waals surface area contributed by atoms with Gasteiger partial charge in [0, 0.05) is 12.7 Å². The third-order valence-electron chi connectivity index (χ3n) is 3.72. The van der Waals surface area contributed by atoms with E-state index in [1.165, 1.54) is 23.2 Å². The SMILES string of the molecule is CC(C)(C)OC(=O)N1CC[C@@H](n2cccc(C(=O)O)c2=O)[C@@H](F)C1. The number of hydrogen-bond donors (Lipinski definition) is 1. The molecular formula is C16H21FN2O5. The molecule has 1 aliphatic heterocycles. The molecule has 24 heavy (non-hydrogen) atoms. The first kappa shape index (κ1) is 18.0. The fourth-order valence-corrected chi connectivity index (χ4v) is 2.63. The van der Waals surface area contributed by atoms with Gasteiger partial charge >= 0.3 is 12.1 Å². The first-order valence-corrected chi connectivity index (χ1v) is 7.66. The smallest absolute Gasteiger partial charge is 0.410 e.